The van der Waals surface area contributed by atoms with E-state index in [0.717, 1.165) is 0 Å². The van der Waals surface area contributed by atoms with Gasteiger partial charge in [0.25, 0.3) is 0 Å². The van der Waals surface area contributed by atoms with Gasteiger partial charge >= 0.3 is 5.97 Å². The van der Waals surface area contributed by atoms with Gasteiger partial charge in [0.15, 0.2) is 0 Å². The molecule has 0 amide bonds. The van der Waals surface area contributed by atoms with Crippen LogP contribution in [0.2, 0.25) is 0 Å². The second kappa shape index (κ2) is 9.67. The topological polar surface area (TPSA) is 49.8 Å². The van der Waals surface area contributed by atoms with Crippen molar-refractivity contribution in [3.8, 4) is 0 Å². The zero-order valence-electron chi connectivity index (χ0n) is 16.8. The molecule has 4 heteroatoms. The summed E-state index contributed by atoms with van der Waals surface area (Å²) >= 11 is 0. The molecule has 2 aromatic carbocycles. The summed E-state index contributed by atoms with van der Waals surface area (Å²) in [5.74, 6) is -0.374. The monoisotopic (exact) mass is 369 g/mol. The molecule has 0 bridgehead atoms. The molecule has 2 rings (SSSR count). The maximum Gasteiger partial charge on any atom is 0.308 e. The molecule has 0 spiro atoms. The Bertz CT molecular complexity index is 653. The third-order valence-electron chi connectivity index (χ3n) is 4.39. The molecule has 0 unspecified atom stereocenters. The number of hydrogen-bond donors (Lipinski definition) is 1. The maximum absolute atomic E-state index is 12.1. The second-order valence-corrected chi connectivity index (χ2v) is 7.97. The standard InChI is InChI=1S/C23H31NO3/c1-18(21(25)15-22(26)27-23(2,3)4)24(16-19-11-7-5-8-12-19)17-20-13-9-6-10-14-20/h5-14,18,21,25H,15-17H2,1-4H3/t18-,21+/m0/s1. The lowest BCUT2D eigenvalue weighted by molar-refractivity contribution is -0.158. The Kier molecular flexibility index (Phi) is 7.57. The summed E-state index contributed by atoms with van der Waals surface area (Å²) < 4.78 is 5.36. The predicted molar refractivity (Wildman–Crippen MR) is 108 cm³/mol. The molecule has 146 valence electrons. The van der Waals surface area contributed by atoms with Crippen molar-refractivity contribution in [1.29, 1.82) is 0 Å². The molecule has 0 aliphatic heterocycles. The summed E-state index contributed by atoms with van der Waals surface area (Å²) in [5.41, 5.74) is 1.79. The molecule has 0 saturated heterocycles. The Morgan fingerprint density at radius 3 is 1.81 bits per heavy atom. The molecule has 0 aliphatic rings. The van der Waals surface area contributed by atoms with E-state index in [4.69, 9.17) is 4.74 Å². The Hall–Kier alpha value is -2.17. The van der Waals surface area contributed by atoms with Crippen LogP contribution in [-0.2, 0) is 22.6 Å². The molecule has 1 N–H and O–H groups in total. The number of ether oxygens (including phenoxy) is 1. The lowest BCUT2D eigenvalue weighted by Gasteiger charge is -2.32. The maximum atomic E-state index is 12.1. The minimum absolute atomic E-state index is 0.0154. The molecule has 0 fully saturated rings. The van der Waals surface area contributed by atoms with E-state index < -0.39 is 11.7 Å². The SMILES string of the molecule is C[C@@H]([C@H](O)CC(=O)OC(C)(C)C)N(Cc1ccccc1)Cc1ccccc1. The van der Waals surface area contributed by atoms with Crippen molar-refractivity contribution < 1.29 is 14.6 Å². The summed E-state index contributed by atoms with van der Waals surface area (Å²) in [6, 6.07) is 20.1. The van der Waals surface area contributed by atoms with Crippen LogP contribution in [0.15, 0.2) is 60.7 Å². The number of carbonyl (C=O) groups is 1. The largest absolute Gasteiger partial charge is 0.460 e. The summed E-state index contributed by atoms with van der Waals surface area (Å²) in [7, 11) is 0. The molecule has 0 saturated carbocycles. The highest BCUT2D eigenvalue weighted by molar-refractivity contribution is 5.70. The zero-order chi connectivity index (χ0) is 19.9. The molecule has 0 heterocycles. The second-order valence-electron chi connectivity index (χ2n) is 7.97. The summed E-state index contributed by atoms with van der Waals surface area (Å²) in [5, 5.41) is 10.7. The lowest BCUT2D eigenvalue weighted by Crippen LogP contribution is -2.42. The van der Waals surface area contributed by atoms with Crippen LogP contribution in [-0.4, -0.2) is 33.7 Å². The highest BCUT2D eigenvalue weighted by Crippen LogP contribution is 2.18. The van der Waals surface area contributed by atoms with Gasteiger partial charge in [0.1, 0.15) is 5.60 Å². The van der Waals surface area contributed by atoms with E-state index in [1.54, 1.807) is 0 Å². The number of benzene rings is 2. The van der Waals surface area contributed by atoms with Crippen LogP contribution >= 0.6 is 0 Å². The van der Waals surface area contributed by atoms with Crippen LogP contribution in [0.3, 0.4) is 0 Å². The minimum atomic E-state index is -0.799. The van der Waals surface area contributed by atoms with Gasteiger partial charge in [-0.3, -0.25) is 9.69 Å². The zero-order valence-corrected chi connectivity index (χ0v) is 16.8. The first-order valence-electron chi connectivity index (χ1n) is 9.46. The average molecular weight is 370 g/mol. The number of nitrogens with zero attached hydrogens (tertiary/aromatic N) is 1. The first-order valence-corrected chi connectivity index (χ1v) is 9.46. The number of esters is 1. The summed E-state index contributed by atoms with van der Waals surface area (Å²) in [4.78, 5) is 14.3. The quantitative estimate of drug-likeness (QED) is 0.710. The van der Waals surface area contributed by atoms with Crippen molar-refractivity contribution in [2.24, 2.45) is 0 Å². The molecule has 2 atom stereocenters. The van der Waals surface area contributed by atoms with Gasteiger partial charge in [-0.1, -0.05) is 60.7 Å². The van der Waals surface area contributed by atoms with Gasteiger partial charge < -0.3 is 9.84 Å². The van der Waals surface area contributed by atoms with E-state index in [-0.39, 0.29) is 18.4 Å². The van der Waals surface area contributed by atoms with Crippen molar-refractivity contribution in [2.45, 2.75) is 65.0 Å². The summed E-state index contributed by atoms with van der Waals surface area (Å²) in [6.45, 7) is 8.85. The van der Waals surface area contributed by atoms with Crippen molar-refractivity contribution in [2.75, 3.05) is 0 Å². The Morgan fingerprint density at radius 2 is 1.41 bits per heavy atom. The van der Waals surface area contributed by atoms with Crippen molar-refractivity contribution in [3.63, 3.8) is 0 Å². The fraction of sp³-hybridized carbons (Fsp3) is 0.435. The molecule has 27 heavy (non-hydrogen) atoms. The van der Waals surface area contributed by atoms with E-state index in [1.807, 2.05) is 64.1 Å². The molecular weight excluding hydrogens is 338 g/mol. The fourth-order valence-electron chi connectivity index (χ4n) is 2.95. The number of carbonyl (C=O) groups excluding carboxylic acids is 1. The minimum Gasteiger partial charge on any atom is -0.460 e. The van der Waals surface area contributed by atoms with E-state index in [1.165, 1.54) is 11.1 Å². The fourth-order valence-corrected chi connectivity index (χ4v) is 2.95. The highest BCUT2D eigenvalue weighted by atomic mass is 16.6. The smallest absolute Gasteiger partial charge is 0.308 e. The van der Waals surface area contributed by atoms with Crippen LogP contribution in [0.5, 0.6) is 0 Å². The molecule has 4 nitrogen and oxygen atoms in total. The third kappa shape index (κ3) is 7.53. The number of aliphatic hydroxyl groups excluding tert-OH is 1. The van der Waals surface area contributed by atoms with E-state index >= 15 is 0 Å². The lowest BCUT2D eigenvalue weighted by atomic mass is 10.0. The number of rotatable bonds is 8. The first-order chi connectivity index (χ1) is 12.7. The van der Waals surface area contributed by atoms with Crippen LogP contribution in [0.4, 0.5) is 0 Å². The van der Waals surface area contributed by atoms with Gasteiger partial charge in [-0.2, -0.15) is 0 Å². The summed E-state index contributed by atoms with van der Waals surface area (Å²) in [6.07, 6.45) is -0.814. The van der Waals surface area contributed by atoms with Crippen LogP contribution in [0.1, 0.15) is 45.2 Å². The van der Waals surface area contributed by atoms with Gasteiger partial charge in [-0.05, 0) is 38.8 Å². The predicted octanol–water partition coefficient (Wildman–Crippen LogP) is 4.17. The van der Waals surface area contributed by atoms with Gasteiger partial charge in [0, 0.05) is 19.1 Å². The Balaban J connectivity index is 2.09. The van der Waals surface area contributed by atoms with E-state index in [9.17, 15) is 9.90 Å². The molecular formula is C23H31NO3. The Labute approximate surface area is 162 Å². The molecule has 0 aromatic heterocycles. The van der Waals surface area contributed by atoms with E-state index in [0.29, 0.717) is 13.1 Å². The molecule has 0 radical (unpaired) electrons. The average Bonchev–Trinajstić information content (AvgIpc) is 2.60. The van der Waals surface area contributed by atoms with E-state index in [2.05, 4.69) is 29.2 Å². The van der Waals surface area contributed by atoms with Crippen LogP contribution in [0, 0.1) is 0 Å². The van der Waals surface area contributed by atoms with Gasteiger partial charge in [0.2, 0.25) is 0 Å². The van der Waals surface area contributed by atoms with Crippen molar-refractivity contribution >= 4 is 5.97 Å². The van der Waals surface area contributed by atoms with Crippen LogP contribution in [0.25, 0.3) is 0 Å². The number of hydrogen-bond acceptors (Lipinski definition) is 4. The molecule has 0 aliphatic carbocycles. The normalized spacial score (nSPS) is 14.0. The van der Waals surface area contributed by atoms with Crippen molar-refractivity contribution in [3.05, 3.63) is 71.8 Å². The number of aliphatic hydroxyl groups is 1. The van der Waals surface area contributed by atoms with Crippen LogP contribution < -0.4 is 0 Å². The van der Waals surface area contributed by atoms with Gasteiger partial charge in [-0.25, -0.2) is 0 Å². The Morgan fingerprint density at radius 1 is 0.963 bits per heavy atom. The first kappa shape index (κ1) is 21.1. The van der Waals surface area contributed by atoms with Gasteiger partial charge in [-0.15, -0.1) is 0 Å². The third-order valence-corrected chi connectivity index (χ3v) is 4.39. The molecule has 2 aromatic rings. The van der Waals surface area contributed by atoms with Crippen molar-refractivity contribution in [1.82, 2.24) is 4.90 Å². The van der Waals surface area contributed by atoms with Gasteiger partial charge in [0.05, 0.1) is 12.5 Å². The highest BCUT2D eigenvalue weighted by Gasteiger charge is 2.26.